The fourth-order valence-electron chi connectivity index (χ4n) is 1.06. The highest BCUT2D eigenvalue weighted by Crippen LogP contribution is 2.22. The predicted molar refractivity (Wildman–Crippen MR) is 56.6 cm³/mol. The van der Waals surface area contributed by atoms with Crippen molar-refractivity contribution in [1.82, 2.24) is 0 Å². The molecule has 0 radical (unpaired) electrons. The van der Waals surface area contributed by atoms with Gasteiger partial charge in [0.1, 0.15) is 5.75 Å². The van der Waals surface area contributed by atoms with Gasteiger partial charge in [0.15, 0.2) is 0 Å². The van der Waals surface area contributed by atoms with Crippen molar-refractivity contribution >= 4 is 5.97 Å². The number of rotatable bonds is 2. The van der Waals surface area contributed by atoms with E-state index in [1.54, 1.807) is 6.92 Å². The first-order valence-electron chi connectivity index (χ1n) is 4.95. The van der Waals surface area contributed by atoms with Crippen LogP contribution in [0.4, 0.5) is 13.2 Å². The molecule has 0 N–H and O–H groups in total. The maximum absolute atomic E-state index is 12.0. The monoisotopic (exact) mass is 258 g/mol. The normalized spacial score (nSPS) is 10.2. The van der Waals surface area contributed by atoms with Crippen LogP contribution in [0.3, 0.4) is 0 Å². The Labute approximate surface area is 102 Å². The molecule has 3 nitrogen and oxygen atoms in total. The van der Waals surface area contributed by atoms with Crippen LogP contribution in [0.25, 0.3) is 0 Å². The van der Waals surface area contributed by atoms with Gasteiger partial charge in [0, 0.05) is 11.5 Å². The lowest BCUT2D eigenvalue weighted by Crippen LogP contribution is -2.17. The van der Waals surface area contributed by atoms with Crippen LogP contribution in [0.2, 0.25) is 0 Å². The third-order valence-corrected chi connectivity index (χ3v) is 1.65. The van der Waals surface area contributed by atoms with Gasteiger partial charge in [0.25, 0.3) is 0 Å². The zero-order valence-electron chi connectivity index (χ0n) is 9.38. The summed E-state index contributed by atoms with van der Waals surface area (Å²) in [5.74, 6) is 3.40. The molecule has 0 unspecified atom stereocenters. The van der Waals surface area contributed by atoms with Gasteiger partial charge >= 0.3 is 12.3 Å². The minimum atomic E-state index is -4.76. The van der Waals surface area contributed by atoms with Crippen LogP contribution in [-0.4, -0.2) is 18.9 Å². The second-order valence-corrected chi connectivity index (χ2v) is 3.05. The van der Waals surface area contributed by atoms with Gasteiger partial charge in [-0.25, -0.2) is 4.79 Å². The van der Waals surface area contributed by atoms with Gasteiger partial charge in [0.2, 0.25) is 0 Å². The number of halogens is 3. The van der Waals surface area contributed by atoms with Crippen molar-refractivity contribution < 1.29 is 27.4 Å². The molecule has 18 heavy (non-hydrogen) atoms. The lowest BCUT2D eigenvalue weighted by atomic mass is 10.2. The Morgan fingerprint density at radius 1 is 1.39 bits per heavy atom. The molecule has 0 aliphatic heterocycles. The van der Waals surface area contributed by atoms with Crippen molar-refractivity contribution in [1.29, 1.82) is 0 Å². The highest BCUT2D eigenvalue weighted by molar-refractivity contribution is 5.89. The van der Waals surface area contributed by atoms with Gasteiger partial charge in [-0.3, -0.25) is 0 Å². The van der Waals surface area contributed by atoms with E-state index in [-0.39, 0.29) is 12.2 Å². The lowest BCUT2D eigenvalue weighted by molar-refractivity contribution is -0.274. The Bertz CT molecular complexity index is 483. The first-order valence-corrected chi connectivity index (χ1v) is 4.95. The van der Waals surface area contributed by atoms with Crippen molar-refractivity contribution in [2.45, 2.75) is 13.3 Å². The highest BCUT2D eigenvalue weighted by atomic mass is 19.4. The molecule has 0 spiro atoms. The second kappa shape index (κ2) is 5.96. The quantitative estimate of drug-likeness (QED) is 0.604. The average molecular weight is 258 g/mol. The molecule has 0 saturated heterocycles. The molecular formula is C12H9F3O3. The SMILES string of the molecule is CCOC(=O)C#Cc1cccc(OC(F)(F)F)c1. The number of ether oxygens (including phenoxy) is 2. The van der Waals surface area contributed by atoms with E-state index < -0.39 is 18.1 Å². The summed E-state index contributed by atoms with van der Waals surface area (Å²) in [6.45, 7) is 1.81. The van der Waals surface area contributed by atoms with E-state index in [9.17, 15) is 18.0 Å². The molecule has 0 aromatic heterocycles. The smallest absolute Gasteiger partial charge is 0.456 e. The summed E-state index contributed by atoms with van der Waals surface area (Å²) in [6, 6.07) is 5.02. The summed E-state index contributed by atoms with van der Waals surface area (Å²) in [7, 11) is 0. The van der Waals surface area contributed by atoms with Crippen LogP contribution in [0.5, 0.6) is 5.75 Å². The van der Waals surface area contributed by atoms with E-state index in [0.29, 0.717) is 0 Å². The first-order chi connectivity index (χ1) is 8.40. The van der Waals surface area contributed by atoms with Crippen LogP contribution in [0, 0.1) is 11.8 Å². The van der Waals surface area contributed by atoms with E-state index in [2.05, 4.69) is 21.3 Å². The molecule has 0 amide bonds. The van der Waals surface area contributed by atoms with Gasteiger partial charge < -0.3 is 9.47 Å². The molecule has 0 bridgehead atoms. The third-order valence-electron chi connectivity index (χ3n) is 1.65. The molecule has 0 aliphatic carbocycles. The Balaban J connectivity index is 2.79. The lowest BCUT2D eigenvalue weighted by Gasteiger charge is -2.08. The third kappa shape index (κ3) is 5.25. The van der Waals surface area contributed by atoms with Crippen molar-refractivity contribution in [3.8, 4) is 17.6 Å². The molecule has 0 fully saturated rings. The first kappa shape index (κ1) is 13.9. The Hall–Kier alpha value is -2.16. The van der Waals surface area contributed by atoms with Crippen molar-refractivity contribution in [2.75, 3.05) is 6.61 Å². The molecule has 1 aromatic carbocycles. The fourth-order valence-corrected chi connectivity index (χ4v) is 1.06. The molecule has 1 rings (SSSR count). The molecular weight excluding hydrogens is 249 g/mol. The molecule has 1 aromatic rings. The Morgan fingerprint density at radius 2 is 2.11 bits per heavy atom. The minimum absolute atomic E-state index is 0.185. The molecule has 6 heteroatoms. The number of esters is 1. The fraction of sp³-hybridized carbons (Fsp3) is 0.250. The standard InChI is InChI=1S/C12H9F3O3/c1-2-17-11(16)7-6-9-4-3-5-10(8-9)18-12(13,14)15/h3-5,8H,2H2,1H3. The zero-order chi connectivity index (χ0) is 13.6. The van der Waals surface area contributed by atoms with Crippen molar-refractivity contribution in [2.24, 2.45) is 0 Å². The van der Waals surface area contributed by atoms with E-state index in [0.717, 1.165) is 12.1 Å². The topological polar surface area (TPSA) is 35.5 Å². The maximum Gasteiger partial charge on any atom is 0.573 e. The van der Waals surface area contributed by atoms with Gasteiger partial charge in [-0.1, -0.05) is 12.0 Å². The summed E-state index contributed by atoms with van der Waals surface area (Å²) < 4.78 is 44.1. The van der Waals surface area contributed by atoms with Crippen LogP contribution < -0.4 is 4.74 Å². The number of hydrogen-bond acceptors (Lipinski definition) is 3. The summed E-state index contributed by atoms with van der Waals surface area (Å²) in [4.78, 5) is 10.9. The summed E-state index contributed by atoms with van der Waals surface area (Å²) in [5.41, 5.74) is 0.227. The summed E-state index contributed by atoms with van der Waals surface area (Å²) in [6.07, 6.45) is -4.76. The van der Waals surface area contributed by atoms with Crippen LogP contribution in [-0.2, 0) is 9.53 Å². The van der Waals surface area contributed by atoms with E-state index in [1.807, 2.05) is 0 Å². The maximum atomic E-state index is 12.0. The van der Waals surface area contributed by atoms with Gasteiger partial charge in [-0.05, 0) is 25.1 Å². The van der Waals surface area contributed by atoms with Gasteiger partial charge in [0.05, 0.1) is 6.61 Å². The summed E-state index contributed by atoms with van der Waals surface area (Å²) in [5, 5.41) is 0. The Morgan fingerprint density at radius 3 is 2.72 bits per heavy atom. The van der Waals surface area contributed by atoms with Crippen molar-refractivity contribution in [3.63, 3.8) is 0 Å². The Kier molecular flexibility index (Phi) is 4.60. The molecule has 0 heterocycles. The predicted octanol–water partition coefficient (Wildman–Crippen LogP) is 2.50. The number of carbonyl (C=O) groups is 1. The van der Waals surface area contributed by atoms with Crippen molar-refractivity contribution in [3.05, 3.63) is 29.8 Å². The second-order valence-electron chi connectivity index (χ2n) is 3.05. The van der Waals surface area contributed by atoms with Gasteiger partial charge in [-0.15, -0.1) is 13.2 Å². The number of carbonyl (C=O) groups excluding carboxylic acids is 1. The average Bonchev–Trinajstić information content (AvgIpc) is 2.25. The van der Waals surface area contributed by atoms with E-state index in [4.69, 9.17) is 0 Å². The number of benzene rings is 1. The van der Waals surface area contributed by atoms with E-state index in [1.165, 1.54) is 12.1 Å². The number of alkyl halides is 3. The van der Waals surface area contributed by atoms with Crippen LogP contribution in [0.1, 0.15) is 12.5 Å². The van der Waals surface area contributed by atoms with Gasteiger partial charge in [-0.2, -0.15) is 0 Å². The zero-order valence-corrected chi connectivity index (χ0v) is 9.38. The highest BCUT2D eigenvalue weighted by Gasteiger charge is 2.30. The molecule has 0 saturated carbocycles. The minimum Gasteiger partial charge on any atom is -0.456 e. The van der Waals surface area contributed by atoms with E-state index >= 15 is 0 Å². The summed E-state index contributed by atoms with van der Waals surface area (Å²) >= 11 is 0. The van der Waals surface area contributed by atoms with Crippen LogP contribution >= 0.6 is 0 Å². The molecule has 0 atom stereocenters. The number of hydrogen-bond donors (Lipinski definition) is 0. The molecule has 96 valence electrons. The van der Waals surface area contributed by atoms with Crippen LogP contribution in [0.15, 0.2) is 24.3 Å². The molecule has 0 aliphatic rings. The largest absolute Gasteiger partial charge is 0.573 e.